The molecule has 23 heavy (non-hydrogen) atoms. The molecule has 0 saturated heterocycles. The van der Waals surface area contributed by atoms with Crippen LogP contribution in [0.2, 0.25) is 0 Å². The number of hydrogen-bond donors (Lipinski definition) is 1. The number of aromatic amines is 1. The maximum Gasteiger partial charge on any atom is 0.259 e. The first-order valence-corrected chi connectivity index (χ1v) is 8.02. The molecule has 5 nitrogen and oxygen atoms in total. The quantitative estimate of drug-likeness (QED) is 0.790. The van der Waals surface area contributed by atoms with Crippen molar-refractivity contribution in [1.82, 2.24) is 15.0 Å². The van der Waals surface area contributed by atoms with Gasteiger partial charge >= 0.3 is 0 Å². The van der Waals surface area contributed by atoms with Crippen molar-refractivity contribution in [2.24, 2.45) is 0 Å². The van der Waals surface area contributed by atoms with E-state index in [4.69, 9.17) is 4.52 Å². The van der Waals surface area contributed by atoms with Crippen LogP contribution in [0.4, 0.5) is 0 Å². The second-order valence-corrected chi connectivity index (χ2v) is 6.02. The molecule has 4 rings (SSSR count). The smallest absolute Gasteiger partial charge is 0.259 e. The van der Waals surface area contributed by atoms with Crippen molar-refractivity contribution in [3.63, 3.8) is 0 Å². The minimum atomic E-state index is 0.0246. The van der Waals surface area contributed by atoms with E-state index < -0.39 is 0 Å². The zero-order valence-corrected chi connectivity index (χ0v) is 13.3. The number of carbonyl (C=O) groups excluding carboxylic acids is 1. The number of nitrogens with one attached hydrogen (secondary N) is 1. The van der Waals surface area contributed by atoms with Gasteiger partial charge in [0, 0.05) is 41.7 Å². The Labute approximate surface area is 134 Å². The number of rotatable bonds is 2. The van der Waals surface area contributed by atoms with Crippen LogP contribution < -0.4 is 0 Å². The lowest BCUT2D eigenvalue weighted by molar-refractivity contribution is 0.0732. The van der Waals surface area contributed by atoms with Crippen LogP contribution in [0, 0.1) is 6.92 Å². The zero-order chi connectivity index (χ0) is 16.0. The van der Waals surface area contributed by atoms with Crippen molar-refractivity contribution in [2.75, 3.05) is 6.54 Å². The summed E-state index contributed by atoms with van der Waals surface area (Å²) in [7, 11) is 0. The fraction of sp³-hybridized carbons (Fsp3) is 0.333. The lowest BCUT2D eigenvalue weighted by atomic mass is 10.0. The van der Waals surface area contributed by atoms with E-state index >= 15 is 0 Å². The zero-order valence-electron chi connectivity index (χ0n) is 13.3. The normalized spacial score (nSPS) is 14.3. The number of hydrogen-bond acceptors (Lipinski definition) is 3. The first kappa shape index (κ1) is 14.1. The number of aromatic nitrogens is 2. The van der Waals surface area contributed by atoms with E-state index in [1.54, 1.807) is 6.92 Å². The molecule has 1 aliphatic heterocycles. The number of amides is 1. The molecule has 1 amide bonds. The van der Waals surface area contributed by atoms with Gasteiger partial charge in [-0.05, 0) is 19.4 Å². The number of para-hydroxylation sites is 1. The summed E-state index contributed by atoms with van der Waals surface area (Å²) >= 11 is 0. The summed E-state index contributed by atoms with van der Waals surface area (Å²) in [6, 6.07) is 8.26. The third kappa shape index (κ3) is 2.15. The third-order valence-electron chi connectivity index (χ3n) is 4.65. The lowest BCUT2D eigenvalue weighted by Gasteiger charge is -2.27. The molecule has 1 aromatic carbocycles. The van der Waals surface area contributed by atoms with Crippen molar-refractivity contribution in [3.8, 4) is 0 Å². The summed E-state index contributed by atoms with van der Waals surface area (Å²) in [5.74, 6) is 0.633. The maximum absolute atomic E-state index is 12.9. The molecule has 0 fully saturated rings. The Morgan fingerprint density at radius 1 is 1.39 bits per heavy atom. The molecule has 2 aromatic heterocycles. The van der Waals surface area contributed by atoms with Crippen molar-refractivity contribution in [1.29, 1.82) is 0 Å². The van der Waals surface area contributed by atoms with Crippen LogP contribution in [0.1, 0.15) is 40.0 Å². The van der Waals surface area contributed by atoms with Crippen LogP contribution >= 0.6 is 0 Å². The second-order valence-electron chi connectivity index (χ2n) is 6.02. The van der Waals surface area contributed by atoms with Crippen molar-refractivity contribution < 1.29 is 9.32 Å². The van der Waals surface area contributed by atoms with E-state index in [2.05, 4.69) is 22.3 Å². The van der Waals surface area contributed by atoms with Crippen LogP contribution in [0.25, 0.3) is 10.9 Å². The predicted octanol–water partition coefficient (Wildman–Crippen LogP) is 3.23. The molecular weight excluding hydrogens is 290 g/mol. The highest BCUT2D eigenvalue weighted by atomic mass is 16.5. The molecule has 0 aliphatic carbocycles. The van der Waals surface area contributed by atoms with Crippen molar-refractivity contribution in [2.45, 2.75) is 33.2 Å². The highest BCUT2D eigenvalue weighted by molar-refractivity contribution is 5.97. The van der Waals surface area contributed by atoms with E-state index in [1.807, 2.05) is 24.0 Å². The molecule has 3 aromatic rings. The predicted molar refractivity (Wildman–Crippen MR) is 87.4 cm³/mol. The van der Waals surface area contributed by atoms with Gasteiger partial charge in [-0.15, -0.1) is 0 Å². The summed E-state index contributed by atoms with van der Waals surface area (Å²) < 4.78 is 5.22. The van der Waals surface area contributed by atoms with Gasteiger partial charge in [0.2, 0.25) is 0 Å². The first-order chi connectivity index (χ1) is 11.2. The van der Waals surface area contributed by atoms with E-state index in [-0.39, 0.29) is 5.91 Å². The largest absolute Gasteiger partial charge is 0.361 e. The molecule has 1 aliphatic rings. The van der Waals surface area contributed by atoms with Gasteiger partial charge in [0.05, 0.1) is 5.69 Å². The van der Waals surface area contributed by atoms with Crippen molar-refractivity contribution in [3.05, 3.63) is 52.5 Å². The number of fused-ring (bicyclic) bond motifs is 3. The molecule has 3 heterocycles. The van der Waals surface area contributed by atoms with Crippen LogP contribution in [0.15, 0.2) is 28.8 Å². The molecular formula is C18H19N3O2. The Kier molecular flexibility index (Phi) is 3.22. The Hall–Kier alpha value is -2.56. The molecule has 0 atom stereocenters. The van der Waals surface area contributed by atoms with Gasteiger partial charge in [0.25, 0.3) is 5.91 Å². The third-order valence-corrected chi connectivity index (χ3v) is 4.65. The SMILES string of the molecule is CCc1noc(C)c1C(=O)N1CCc2[nH]c3ccccc3c2C1. The summed E-state index contributed by atoms with van der Waals surface area (Å²) in [6.07, 6.45) is 1.55. The topological polar surface area (TPSA) is 62.1 Å². The van der Waals surface area contributed by atoms with Gasteiger partial charge in [0.15, 0.2) is 0 Å². The molecule has 0 saturated carbocycles. The van der Waals surface area contributed by atoms with E-state index in [0.29, 0.717) is 30.8 Å². The van der Waals surface area contributed by atoms with Gasteiger partial charge in [0.1, 0.15) is 11.3 Å². The van der Waals surface area contributed by atoms with Crippen molar-refractivity contribution >= 4 is 16.8 Å². The van der Waals surface area contributed by atoms with E-state index in [1.165, 1.54) is 16.6 Å². The number of H-pyrrole nitrogens is 1. The van der Waals surface area contributed by atoms with Gasteiger partial charge < -0.3 is 14.4 Å². The molecule has 0 spiro atoms. The Morgan fingerprint density at radius 3 is 3.04 bits per heavy atom. The maximum atomic E-state index is 12.9. The summed E-state index contributed by atoms with van der Waals surface area (Å²) in [4.78, 5) is 18.3. The van der Waals surface area contributed by atoms with Gasteiger partial charge in [-0.25, -0.2) is 0 Å². The highest BCUT2D eigenvalue weighted by Crippen LogP contribution is 2.29. The van der Waals surface area contributed by atoms with Gasteiger partial charge in [-0.2, -0.15) is 0 Å². The Bertz CT molecular complexity index is 891. The molecule has 0 unspecified atom stereocenters. The summed E-state index contributed by atoms with van der Waals surface area (Å²) in [5, 5.41) is 5.21. The minimum absolute atomic E-state index is 0.0246. The van der Waals surface area contributed by atoms with Gasteiger partial charge in [-0.3, -0.25) is 4.79 Å². The second kappa shape index (κ2) is 5.26. The fourth-order valence-corrected chi connectivity index (χ4v) is 3.43. The lowest BCUT2D eigenvalue weighted by Crippen LogP contribution is -2.36. The minimum Gasteiger partial charge on any atom is -0.361 e. The number of benzene rings is 1. The Balaban J connectivity index is 1.70. The monoisotopic (exact) mass is 309 g/mol. The van der Waals surface area contributed by atoms with Gasteiger partial charge in [-0.1, -0.05) is 30.3 Å². The number of aryl methyl sites for hydroxylation is 2. The highest BCUT2D eigenvalue weighted by Gasteiger charge is 2.28. The standard InChI is InChI=1S/C18H19N3O2/c1-3-14-17(11(2)23-20-14)18(22)21-9-8-16-13(10-21)12-6-4-5-7-15(12)19-16/h4-7,19H,3,8-10H2,1-2H3. The summed E-state index contributed by atoms with van der Waals surface area (Å²) in [6.45, 7) is 5.14. The molecule has 0 radical (unpaired) electrons. The Morgan fingerprint density at radius 2 is 2.22 bits per heavy atom. The average Bonchev–Trinajstić information content (AvgIpc) is 3.13. The molecule has 1 N–H and O–H groups in total. The first-order valence-electron chi connectivity index (χ1n) is 8.02. The summed E-state index contributed by atoms with van der Waals surface area (Å²) in [5.41, 5.74) is 5.00. The number of carbonyl (C=O) groups is 1. The molecule has 118 valence electrons. The fourth-order valence-electron chi connectivity index (χ4n) is 3.43. The van der Waals surface area contributed by atoms with E-state index in [0.717, 1.165) is 17.6 Å². The molecule has 0 bridgehead atoms. The van der Waals surface area contributed by atoms with Crippen LogP contribution in [-0.2, 0) is 19.4 Å². The average molecular weight is 309 g/mol. The molecule has 5 heteroatoms. The van der Waals surface area contributed by atoms with Crippen LogP contribution in [-0.4, -0.2) is 27.5 Å². The van der Waals surface area contributed by atoms with Crippen LogP contribution in [0.5, 0.6) is 0 Å². The number of nitrogens with zero attached hydrogens (tertiary/aromatic N) is 2. The van der Waals surface area contributed by atoms with Crippen LogP contribution in [0.3, 0.4) is 0 Å². The van der Waals surface area contributed by atoms with E-state index in [9.17, 15) is 4.79 Å².